The SMILES string of the molecule is COc1cc(/C=C(/C#N)c2ccc(C)cc2)c(Br)c(Br)c1O. The highest BCUT2D eigenvalue weighted by Crippen LogP contribution is 2.42. The molecule has 0 saturated carbocycles. The number of benzene rings is 2. The number of phenolic OH excluding ortho intramolecular Hbond substituents is 1. The fraction of sp³-hybridized carbons (Fsp3) is 0.118. The highest BCUT2D eigenvalue weighted by Gasteiger charge is 2.14. The third kappa shape index (κ3) is 3.34. The number of rotatable bonds is 3. The Morgan fingerprint density at radius 3 is 2.41 bits per heavy atom. The summed E-state index contributed by atoms with van der Waals surface area (Å²) in [4.78, 5) is 0. The number of phenols is 1. The van der Waals surface area contributed by atoms with E-state index < -0.39 is 0 Å². The smallest absolute Gasteiger partial charge is 0.173 e. The number of methoxy groups -OCH3 is 1. The van der Waals surface area contributed by atoms with Crippen LogP contribution in [0, 0.1) is 18.3 Å². The summed E-state index contributed by atoms with van der Waals surface area (Å²) >= 11 is 6.73. The van der Waals surface area contributed by atoms with E-state index >= 15 is 0 Å². The van der Waals surface area contributed by atoms with Crippen LogP contribution in [0.2, 0.25) is 0 Å². The monoisotopic (exact) mass is 421 g/mol. The summed E-state index contributed by atoms with van der Waals surface area (Å²) in [5.74, 6) is 0.350. The van der Waals surface area contributed by atoms with Crippen molar-refractivity contribution in [2.24, 2.45) is 0 Å². The summed E-state index contributed by atoms with van der Waals surface area (Å²) < 4.78 is 6.29. The maximum atomic E-state index is 9.95. The second-order valence-corrected chi connectivity index (χ2v) is 6.27. The molecule has 112 valence electrons. The maximum absolute atomic E-state index is 9.95. The van der Waals surface area contributed by atoms with Gasteiger partial charge in [-0.15, -0.1) is 0 Å². The van der Waals surface area contributed by atoms with Gasteiger partial charge in [0.05, 0.1) is 23.2 Å². The lowest BCUT2D eigenvalue weighted by Crippen LogP contribution is -1.89. The average Bonchev–Trinajstić information content (AvgIpc) is 2.53. The Bertz CT molecular complexity index is 775. The minimum Gasteiger partial charge on any atom is -0.503 e. The van der Waals surface area contributed by atoms with E-state index in [1.807, 2.05) is 31.2 Å². The van der Waals surface area contributed by atoms with Gasteiger partial charge < -0.3 is 9.84 Å². The normalized spacial score (nSPS) is 11.1. The molecule has 0 amide bonds. The van der Waals surface area contributed by atoms with Crippen LogP contribution in [0.15, 0.2) is 39.3 Å². The molecule has 22 heavy (non-hydrogen) atoms. The molecule has 5 heteroatoms. The third-order valence-corrected chi connectivity index (χ3v) is 5.34. The quantitative estimate of drug-likeness (QED) is 0.539. The van der Waals surface area contributed by atoms with Crippen LogP contribution in [0.5, 0.6) is 11.5 Å². The molecule has 3 nitrogen and oxygen atoms in total. The summed E-state index contributed by atoms with van der Waals surface area (Å²) in [6.07, 6.45) is 1.75. The summed E-state index contributed by atoms with van der Waals surface area (Å²) in [6.45, 7) is 2.00. The molecule has 2 aromatic rings. The van der Waals surface area contributed by atoms with Gasteiger partial charge >= 0.3 is 0 Å². The molecule has 2 rings (SSSR count). The van der Waals surface area contributed by atoms with Gasteiger partial charge in [-0.1, -0.05) is 29.8 Å². The summed E-state index contributed by atoms with van der Waals surface area (Å²) in [5.41, 5.74) is 3.23. The Hall–Kier alpha value is -1.77. The third-order valence-electron chi connectivity index (χ3n) is 3.18. The molecule has 0 spiro atoms. The van der Waals surface area contributed by atoms with Crippen molar-refractivity contribution < 1.29 is 9.84 Å². The molecule has 1 N–H and O–H groups in total. The standard InChI is InChI=1S/C17H13Br2NO2/c1-10-3-5-11(6-4-10)13(9-20)7-12-8-14(22-2)17(21)16(19)15(12)18/h3-8,21H,1-2H3/b13-7-. The van der Waals surface area contributed by atoms with Crippen LogP contribution in [0.1, 0.15) is 16.7 Å². The second kappa shape index (κ2) is 6.99. The van der Waals surface area contributed by atoms with Crippen LogP contribution in [0.25, 0.3) is 11.6 Å². The summed E-state index contributed by atoms with van der Waals surface area (Å²) in [7, 11) is 1.48. The van der Waals surface area contributed by atoms with Gasteiger partial charge in [0, 0.05) is 4.47 Å². The van der Waals surface area contributed by atoms with Crippen molar-refractivity contribution in [3.8, 4) is 17.6 Å². The number of aromatic hydroxyl groups is 1. The van der Waals surface area contributed by atoms with Crippen LogP contribution in [0.4, 0.5) is 0 Å². The lowest BCUT2D eigenvalue weighted by Gasteiger charge is -2.10. The maximum Gasteiger partial charge on any atom is 0.173 e. The van der Waals surface area contributed by atoms with Crippen molar-refractivity contribution >= 4 is 43.5 Å². The zero-order valence-electron chi connectivity index (χ0n) is 12.0. The van der Waals surface area contributed by atoms with Gasteiger partial charge in [-0.2, -0.15) is 5.26 Å². The van der Waals surface area contributed by atoms with Gasteiger partial charge in [0.15, 0.2) is 11.5 Å². The Morgan fingerprint density at radius 2 is 1.86 bits per heavy atom. The van der Waals surface area contributed by atoms with E-state index in [0.717, 1.165) is 16.7 Å². The highest BCUT2D eigenvalue weighted by atomic mass is 79.9. The molecule has 0 aliphatic rings. The molecule has 0 aromatic heterocycles. The lowest BCUT2D eigenvalue weighted by atomic mass is 10.0. The van der Waals surface area contributed by atoms with Gasteiger partial charge in [-0.25, -0.2) is 0 Å². The Labute approximate surface area is 146 Å². The van der Waals surface area contributed by atoms with E-state index in [-0.39, 0.29) is 5.75 Å². The molecular weight excluding hydrogens is 410 g/mol. The van der Waals surface area contributed by atoms with Gasteiger partial charge in [0.25, 0.3) is 0 Å². The van der Waals surface area contributed by atoms with Crippen molar-refractivity contribution in [1.82, 2.24) is 0 Å². The van der Waals surface area contributed by atoms with Crippen molar-refractivity contribution in [3.05, 3.63) is 56.0 Å². The lowest BCUT2D eigenvalue weighted by molar-refractivity contribution is 0.371. The molecule has 0 aliphatic carbocycles. The first-order chi connectivity index (χ1) is 10.5. The molecule has 0 heterocycles. The molecule has 2 aromatic carbocycles. The Kier molecular flexibility index (Phi) is 5.28. The second-order valence-electron chi connectivity index (χ2n) is 4.68. The molecule has 0 fully saturated rings. The van der Waals surface area contributed by atoms with Gasteiger partial charge in [-0.3, -0.25) is 0 Å². The average molecular weight is 423 g/mol. The molecular formula is C17H13Br2NO2. The van der Waals surface area contributed by atoms with Crippen LogP contribution >= 0.6 is 31.9 Å². The largest absolute Gasteiger partial charge is 0.503 e. The van der Waals surface area contributed by atoms with Crippen LogP contribution in [-0.2, 0) is 0 Å². The van der Waals surface area contributed by atoms with Crippen LogP contribution < -0.4 is 4.74 Å². The number of hydrogen-bond donors (Lipinski definition) is 1. The molecule has 0 bridgehead atoms. The first kappa shape index (κ1) is 16.6. The number of halogens is 2. The van der Waals surface area contributed by atoms with E-state index in [9.17, 15) is 10.4 Å². The first-order valence-electron chi connectivity index (χ1n) is 6.41. The zero-order valence-corrected chi connectivity index (χ0v) is 15.2. The number of hydrogen-bond acceptors (Lipinski definition) is 3. The number of nitrogens with zero attached hydrogens (tertiary/aromatic N) is 1. The zero-order chi connectivity index (χ0) is 16.3. The van der Waals surface area contributed by atoms with Crippen molar-refractivity contribution in [3.63, 3.8) is 0 Å². The van der Waals surface area contributed by atoms with E-state index in [1.54, 1.807) is 12.1 Å². The van der Waals surface area contributed by atoms with Crippen molar-refractivity contribution in [1.29, 1.82) is 5.26 Å². The van der Waals surface area contributed by atoms with E-state index in [0.29, 0.717) is 20.3 Å². The predicted octanol–water partition coefficient (Wildman–Crippen LogP) is 5.30. The summed E-state index contributed by atoms with van der Waals surface area (Å²) in [6, 6.07) is 11.6. The first-order valence-corrected chi connectivity index (χ1v) is 8.00. The van der Waals surface area contributed by atoms with E-state index in [1.165, 1.54) is 7.11 Å². The minimum absolute atomic E-state index is 0.0142. The number of allylic oxidation sites excluding steroid dienone is 1. The van der Waals surface area contributed by atoms with Crippen LogP contribution in [0.3, 0.4) is 0 Å². The number of nitriles is 1. The predicted molar refractivity (Wildman–Crippen MR) is 94.7 cm³/mol. The minimum atomic E-state index is 0.0142. The Morgan fingerprint density at radius 1 is 1.23 bits per heavy atom. The van der Waals surface area contributed by atoms with Gasteiger partial charge in [0.2, 0.25) is 0 Å². The molecule has 0 aliphatic heterocycles. The molecule has 0 radical (unpaired) electrons. The van der Waals surface area contributed by atoms with E-state index in [2.05, 4.69) is 37.9 Å². The molecule has 0 unspecified atom stereocenters. The molecule has 0 saturated heterocycles. The Balaban J connectivity index is 2.57. The topological polar surface area (TPSA) is 53.2 Å². The summed E-state index contributed by atoms with van der Waals surface area (Å²) in [5, 5.41) is 19.4. The fourth-order valence-corrected chi connectivity index (χ4v) is 2.78. The fourth-order valence-electron chi connectivity index (χ4n) is 1.94. The molecule has 0 atom stereocenters. The number of aryl methyl sites for hydroxylation is 1. The number of ether oxygens (including phenoxy) is 1. The van der Waals surface area contributed by atoms with Gasteiger partial charge in [-0.05, 0) is 62.1 Å². The van der Waals surface area contributed by atoms with E-state index in [4.69, 9.17) is 4.74 Å². The van der Waals surface area contributed by atoms with Gasteiger partial charge in [0.1, 0.15) is 0 Å². The van der Waals surface area contributed by atoms with Crippen LogP contribution in [-0.4, -0.2) is 12.2 Å². The highest BCUT2D eigenvalue weighted by molar-refractivity contribution is 9.13. The van der Waals surface area contributed by atoms with Crippen molar-refractivity contribution in [2.45, 2.75) is 6.92 Å². The van der Waals surface area contributed by atoms with Crippen molar-refractivity contribution in [2.75, 3.05) is 7.11 Å².